The number of rotatable bonds is 4. The number of aromatic nitrogens is 1. The molecule has 0 aliphatic heterocycles. The van der Waals surface area contributed by atoms with E-state index in [9.17, 15) is 4.79 Å². The van der Waals surface area contributed by atoms with Crippen molar-refractivity contribution in [1.29, 1.82) is 0 Å². The highest BCUT2D eigenvalue weighted by Gasteiger charge is 2.27. The Hall–Kier alpha value is -1.36. The van der Waals surface area contributed by atoms with E-state index < -0.39 is 0 Å². The van der Waals surface area contributed by atoms with Crippen LogP contribution in [0, 0.1) is 6.92 Å². The van der Waals surface area contributed by atoms with E-state index in [2.05, 4.69) is 5.16 Å². The third-order valence-electron chi connectivity index (χ3n) is 3.60. The highest BCUT2D eigenvalue weighted by atomic mass is 16.5. The minimum atomic E-state index is -0.0744. The first kappa shape index (κ1) is 13.1. The Labute approximate surface area is 107 Å². The Morgan fingerprint density at radius 3 is 2.78 bits per heavy atom. The molecule has 0 radical (unpaired) electrons. The van der Waals surface area contributed by atoms with Gasteiger partial charge in [-0.3, -0.25) is 4.79 Å². The summed E-state index contributed by atoms with van der Waals surface area (Å²) in [4.78, 5) is 14.2. The summed E-state index contributed by atoms with van der Waals surface area (Å²) in [6.45, 7) is 2.11. The van der Waals surface area contributed by atoms with Crippen LogP contribution < -0.4 is 0 Å². The molecule has 1 fully saturated rings. The molecule has 0 bridgehead atoms. The smallest absolute Gasteiger partial charge is 0.259 e. The molecule has 0 aromatic carbocycles. The second kappa shape index (κ2) is 6.00. The number of hydrogen-bond donors (Lipinski definition) is 1. The summed E-state index contributed by atoms with van der Waals surface area (Å²) in [6, 6.07) is 0.243. The summed E-state index contributed by atoms with van der Waals surface area (Å²) < 4.78 is 4.94. The highest BCUT2D eigenvalue weighted by molar-refractivity contribution is 5.95. The molecule has 1 aromatic rings. The number of amides is 1. The molecule has 5 nitrogen and oxygen atoms in total. The lowest BCUT2D eigenvalue weighted by Crippen LogP contribution is -2.43. The van der Waals surface area contributed by atoms with E-state index in [0.29, 0.717) is 17.9 Å². The molecule has 1 saturated carbocycles. The zero-order chi connectivity index (χ0) is 13.0. The van der Waals surface area contributed by atoms with Crippen molar-refractivity contribution in [3.05, 3.63) is 17.5 Å². The molecule has 5 heteroatoms. The number of aliphatic hydroxyl groups is 1. The van der Waals surface area contributed by atoms with Crippen molar-refractivity contribution in [1.82, 2.24) is 10.1 Å². The predicted octanol–water partition coefficient (Wildman–Crippen LogP) is 1.75. The van der Waals surface area contributed by atoms with Gasteiger partial charge in [0, 0.05) is 12.6 Å². The summed E-state index contributed by atoms with van der Waals surface area (Å²) in [6.07, 6.45) is 7.06. The molecule has 0 saturated heterocycles. The van der Waals surface area contributed by atoms with Gasteiger partial charge in [-0.15, -0.1) is 0 Å². The first-order valence-electron chi connectivity index (χ1n) is 6.57. The molecule has 1 aromatic heterocycles. The summed E-state index contributed by atoms with van der Waals surface area (Å²) in [5, 5.41) is 12.8. The molecule has 1 amide bonds. The fourth-order valence-corrected chi connectivity index (χ4v) is 2.61. The lowest BCUT2D eigenvalue weighted by molar-refractivity contribution is 0.0583. The fourth-order valence-electron chi connectivity index (χ4n) is 2.61. The summed E-state index contributed by atoms with van der Waals surface area (Å²) in [7, 11) is 0. The number of carbonyl (C=O) groups excluding carboxylic acids is 1. The van der Waals surface area contributed by atoms with Gasteiger partial charge < -0.3 is 14.5 Å². The zero-order valence-electron chi connectivity index (χ0n) is 10.8. The molecule has 1 N–H and O–H groups in total. The molecule has 1 aliphatic rings. The van der Waals surface area contributed by atoms with E-state index >= 15 is 0 Å². The van der Waals surface area contributed by atoms with E-state index in [1.807, 2.05) is 0 Å². The molecule has 0 unspecified atom stereocenters. The Morgan fingerprint density at radius 1 is 1.50 bits per heavy atom. The van der Waals surface area contributed by atoms with Crippen LogP contribution in [0.3, 0.4) is 0 Å². The maximum Gasteiger partial charge on any atom is 0.259 e. The van der Waals surface area contributed by atoms with E-state index in [4.69, 9.17) is 9.63 Å². The minimum Gasteiger partial charge on any atom is -0.395 e. The summed E-state index contributed by atoms with van der Waals surface area (Å²) in [5.41, 5.74) is 0.508. The molecule has 100 valence electrons. The fraction of sp³-hybridized carbons (Fsp3) is 0.692. The van der Waals surface area contributed by atoms with Gasteiger partial charge in [0.25, 0.3) is 5.91 Å². The Morgan fingerprint density at radius 2 is 2.22 bits per heavy atom. The number of carbonyl (C=O) groups is 1. The quantitative estimate of drug-likeness (QED) is 0.886. The maximum atomic E-state index is 12.4. The molecular weight excluding hydrogens is 232 g/mol. The lowest BCUT2D eigenvalue weighted by atomic mass is 9.93. The predicted molar refractivity (Wildman–Crippen MR) is 66.2 cm³/mol. The third-order valence-corrected chi connectivity index (χ3v) is 3.60. The van der Waals surface area contributed by atoms with E-state index in [0.717, 1.165) is 25.7 Å². The largest absolute Gasteiger partial charge is 0.395 e. The standard InChI is InChI=1S/C13H20N2O3/c1-10-12(9-14-18-10)13(17)15(7-8-16)11-5-3-2-4-6-11/h9,11,16H,2-8H2,1H3. The number of aliphatic hydroxyl groups excluding tert-OH is 1. The topological polar surface area (TPSA) is 66.6 Å². The van der Waals surface area contributed by atoms with Gasteiger partial charge in [-0.2, -0.15) is 0 Å². The van der Waals surface area contributed by atoms with E-state index in [1.165, 1.54) is 12.6 Å². The van der Waals surface area contributed by atoms with Gasteiger partial charge in [0.2, 0.25) is 0 Å². The van der Waals surface area contributed by atoms with Gasteiger partial charge in [0.1, 0.15) is 11.3 Å². The maximum absolute atomic E-state index is 12.4. The molecule has 0 spiro atoms. The number of nitrogens with zero attached hydrogens (tertiary/aromatic N) is 2. The van der Waals surface area contributed by atoms with Crippen LogP contribution in [0.5, 0.6) is 0 Å². The van der Waals surface area contributed by atoms with Crippen molar-refractivity contribution >= 4 is 5.91 Å². The summed E-state index contributed by atoms with van der Waals surface area (Å²) in [5.74, 6) is 0.466. The van der Waals surface area contributed by atoms with Crippen LogP contribution in [0.4, 0.5) is 0 Å². The van der Waals surface area contributed by atoms with Crippen LogP contribution in [0.1, 0.15) is 48.2 Å². The number of aryl methyl sites for hydroxylation is 1. The van der Waals surface area contributed by atoms with Gasteiger partial charge >= 0.3 is 0 Å². The van der Waals surface area contributed by atoms with Crippen LogP contribution in [-0.2, 0) is 0 Å². The first-order chi connectivity index (χ1) is 8.74. The van der Waals surface area contributed by atoms with Gasteiger partial charge in [0.15, 0.2) is 0 Å². The second-order valence-electron chi connectivity index (χ2n) is 4.81. The Bertz CT molecular complexity index is 397. The number of hydrogen-bond acceptors (Lipinski definition) is 4. The molecule has 2 rings (SSSR count). The van der Waals surface area contributed by atoms with Gasteiger partial charge in [-0.05, 0) is 19.8 Å². The first-order valence-corrected chi connectivity index (χ1v) is 6.57. The molecular formula is C13H20N2O3. The van der Waals surface area contributed by atoms with Gasteiger partial charge in [-0.1, -0.05) is 24.4 Å². The van der Waals surface area contributed by atoms with Crippen LogP contribution in [-0.4, -0.2) is 40.3 Å². The lowest BCUT2D eigenvalue weighted by Gasteiger charge is -2.33. The van der Waals surface area contributed by atoms with Gasteiger partial charge in [0.05, 0.1) is 12.8 Å². The molecule has 1 heterocycles. The third kappa shape index (κ3) is 2.72. The highest BCUT2D eigenvalue weighted by Crippen LogP contribution is 2.24. The average molecular weight is 252 g/mol. The van der Waals surface area contributed by atoms with E-state index in [1.54, 1.807) is 11.8 Å². The SMILES string of the molecule is Cc1oncc1C(=O)N(CCO)C1CCCCC1. The van der Waals surface area contributed by atoms with Crippen LogP contribution in [0.25, 0.3) is 0 Å². The monoisotopic (exact) mass is 252 g/mol. The second-order valence-corrected chi connectivity index (χ2v) is 4.81. The van der Waals surface area contributed by atoms with Crippen molar-refractivity contribution in [2.45, 2.75) is 45.1 Å². The average Bonchev–Trinajstić information content (AvgIpc) is 2.82. The van der Waals surface area contributed by atoms with Crippen molar-refractivity contribution in [2.75, 3.05) is 13.2 Å². The molecule has 0 atom stereocenters. The van der Waals surface area contributed by atoms with Crippen molar-refractivity contribution in [3.8, 4) is 0 Å². The van der Waals surface area contributed by atoms with Crippen LogP contribution in [0.2, 0.25) is 0 Å². The van der Waals surface area contributed by atoms with Crippen molar-refractivity contribution in [3.63, 3.8) is 0 Å². The normalized spacial score (nSPS) is 16.8. The Balaban J connectivity index is 2.13. The van der Waals surface area contributed by atoms with Crippen LogP contribution in [0.15, 0.2) is 10.7 Å². The Kier molecular flexibility index (Phi) is 4.36. The summed E-state index contributed by atoms with van der Waals surface area (Å²) >= 11 is 0. The van der Waals surface area contributed by atoms with E-state index in [-0.39, 0.29) is 18.6 Å². The minimum absolute atomic E-state index is 0.00737. The van der Waals surface area contributed by atoms with Crippen molar-refractivity contribution < 1.29 is 14.4 Å². The van der Waals surface area contributed by atoms with Gasteiger partial charge in [-0.25, -0.2) is 0 Å². The van der Waals surface area contributed by atoms with Crippen molar-refractivity contribution in [2.24, 2.45) is 0 Å². The zero-order valence-corrected chi connectivity index (χ0v) is 10.8. The molecule has 18 heavy (non-hydrogen) atoms. The van der Waals surface area contributed by atoms with Crippen LogP contribution >= 0.6 is 0 Å². The molecule has 1 aliphatic carbocycles.